The Morgan fingerprint density at radius 1 is 0.862 bits per heavy atom. The van der Waals surface area contributed by atoms with Crippen LogP contribution in [-0.2, 0) is 31.5 Å². The van der Waals surface area contributed by atoms with Crippen LogP contribution in [-0.4, -0.2) is 14.1 Å². The van der Waals surface area contributed by atoms with Crippen molar-refractivity contribution in [3.05, 3.63) is 110 Å². The van der Waals surface area contributed by atoms with E-state index in [4.69, 9.17) is 4.74 Å². The Balaban J connectivity index is 1.64. The van der Waals surface area contributed by atoms with E-state index < -0.39 is 0 Å². The molecule has 6 nitrogen and oxygen atoms in total. The summed E-state index contributed by atoms with van der Waals surface area (Å²) in [5.74, 6) is 0. The van der Waals surface area contributed by atoms with Crippen molar-refractivity contribution >= 4 is 11.0 Å². The van der Waals surface area contributed by atoms with Crippen molar-refractivity contribution < 1.29 is 4.74 Å². The minimum Gasteiger partial charge on any atom is -0.372 e. The fourth-order valence-electron chi connectivity index (χ4n) is 3.27. The third-order valence-electron chi connectivity index (χ3n) is 4.80. The van der Waals surface area contributed by atoms with Crippen molar-refractivity contribution in [2.45, 2.75) is 19.8 Å². The van der Waals surface area contributed by atoms with Crippen molar-refractivity contribution in [2.24, 2.45) is 7.05 Å². The van der Waals surface area contributed by atoms with E-state index in [1.807, 2.05) is 60.7 Å². The predicted octanol–water partition coefficient (Wildman–Crippen LogP) is 2.86. The number of nitrogens with zero attached hydrogens (tertiary/aromatic N) is 3. The van der Waals surface area contributed by atoms with Crippen LogP contribution >= 0.6 is 0 Å². The first-order valence-corrected chi connectivity index (χ1v) is 9.37. The molecular formula is C23H21N3O3. The Labute approximate surface area is 167 Å². The monoisotopic (exact) mass is 387 g/mol. The average molecular weight is 387 g/mol. The zero-order chi connectivity index (χ0) is 20.2. The first-order valence-electron chi connectivity index (χ1n) is 9.37. The Morgan fingerprint density at radius 3 is 2.17 bits per heavy atom. The van der Waals surface area contributed by atoms with Crippen molar-refractivity contribution in [2.75, 3.05) is 0 Å². The Bertz CT molecular complexity index is 1250. The summed E-state index contributed by atoms with van der Waals surface area (Å²) in [5, 5.41) is 0.406. The zero-order valence-electron chi connectivity index (χ0n) is 16.1. The molecule has 0 aliphatic carbocycles. The quantitative estimate of drug-likeness (QED) is 0.510. The van der Waals surface area contributed by atoms with Gasteiger partial charge in [0, 0.05) is 13.2 Å². The second-order valence-electron chi connectivity index (χ2n) is 6.91. The van der Waals surface area contributed by atoms with Crippen LogP contribution in [0.3, 0.4) is 0 Å². The summed E-state index contributed by atoms with van der Waals surface area (Å²) in [5.41, 5.74) is 2.40. The van der Waals surface area contributed by atoms with Crippen LogP contribution in [0.5, 0.6) is 0 Å². The minimum atomic E-state index is -0.382. The lowest BCUT2D eigenvalue weighted by Crippen LogP contribution is -2.39. The molecule has 0 fully saturated rings. The van der Waals surface area contributed by atoms with Gasteiger partial charge in [0.1, 0.15) is 5.65 Å². The van der Waals surface area contributed by atoms with Gasteiger partial charge in [-0.15, -0.1) is 0 Å². The standard InChI is InChI=1S/C23H21N3O3/c1-25-21-20(22(27)26(23(25)28)14-17-8-4-2-5-9-17)12-19(13-24-21)16-29-15-18-10-6-3-7-11-18/h2-13H,14-16H2,1H3. The van der Waals surface area contributed by atoms with Gasteiger partial charge in [-0.25, -0.2) is 9.78 Å². The van der Waals surface area contributed by atoms with Crippen LogP contribution < -0.4 is 11.2 Å². The second kappa shape index (κ2) is 8.24. The van der Waals surface area contributed by atoms with Crippen molar-refractivity contribution in [1.82, 2.24) is 14.1 Å². The van der Waals surface area contributed by atoms with Crippen LogP contribution in [0.1, 0.15) is 16.7 Å². The van der Waals surface area contributed by atoms with Gasteiger partial charge < -0.3 is 4.74 Å². The summed E-state index contributed by atoms with van der Waals surface area (Å²) in [4.78, 5) is 30.1. The molecule has 4 aromatic rings. The number of hydrogen-bond donors (Lipinski definition) is 0. The molecule has 2 aromatic carbocycles. The molecular weight excluding hydrogens is 366 g/mol. The first kappa shape index (κ1) is 18.8. The fraction of sp³-hybridized carbons (Fsp3) is 0.174. The van der Waals surface area contributed by atoms with E-state index in [9.17, 15) is 9.59 Å². The molecule has 0 N–H and O–H groups in total. The highest BCUT2D eigenvalue weighted by Gasteiger charge is 2.13. The molecule has 0 radical (unpaired) electrons. The molecule has 2 aromatic heterocycles. The van der Waals surface area contributed by atoms with Crippen molar-refractivity contribution in [3.63, 3.8) is 0 Å². The lowest BCUT2D eigenvalue weighted by Gasteiger charge is -2.11. The molecule has 0 atom stereocenters. The summed E-state index contributed by atoms with van der Waals surface area (Å²) in [7, 11) is 1.63. The molecule has 0 bridgehead atoms. The lowest BCUT2D eigenvalue weighted by atomic mass is 10.2. The van der Waals surface area contributed by atoms with E-state index >= 15 is 0 Å². The zero-order valence-corrected chi connectivity index (χ0v) is 16.1. The SMILES string of the molecule is Cn1c(=O)n(Cc2ccccc2)c(=O)c2cc(COCc3ccccc3)cnc21. The van der Waals surface area contributed by atoms with Crippen molar-refractivity contribution in [1.29, 1.82) is 0 Å². The van der Waals surface area contributed by atoms with Gasteiger partial charge >= 0.3 is 5.69 Å². The fourth-order valence-corrected chi connectivity index (χ4v) is 3.27. The third kappa shape index (κ3) is 4.02. The maximum Gasteiger partial charge on any atom is 0.332 e. The normalized spacial score (nSPS) is 11.1. The van der Waals surface area contributed by atoms with Gasteiger partial charge in [0.05, 0.1) is 25.1 Å². The van der Waals surface area contributed by atoms with Crippen LogP contribution in [0.25, 0.3) is 11.0 Å². The summed E-state index contributed by atoms with van der Waals surface area (Å²) >= 11 is 0. The van der Waals surface area contributed by atoms with Crippen molar-refractivity contribution in [3.8, 4) is 0 Å². The number of benzene rings is 2. The van der Waals surface area contributed by atoms with Crippen LogP contribution in [0.15, 0.2) is 82.5 Å². The van der Waals surface area contributed by atoms with E-state index in [1.165, 1.54) is 9.13 Å². The van der Waals surface area contributed by atoms with Crippen LogP contribution in [0.4, 0.5) is 0 Å². The molecule has 0 amide bonds. The van der Waals surface area contributed by atoms with E-state index in [2.05, 4.69) is 4.98 Å². The molecule has 0 spiro atoms. The highest BCUT2D eigenvalue weighted by atomic mass is 16.5. The van der Waals surface area contributed by atoms with Gasteiger partial charge in [-0.2, -0.15) is 0 Å². The maximum absolute atomic E-state index is 13.0. The molecule has 6 heteroatoms. The molecule has 2 heterocycles. The number of hydrogen-bond acceptors (Lipinski definition) is 4. The lowest BCUT2D eigenvalue weighted by molar-refractivity contribution is 0.107. The third-order valence-corrected chi connectivity index (χ3v) is 4.80. The molecule has 29 heavy (non-hydrogen) atoms. The number of fused-ring (bicyclic) bond motifs is 1. The molecule has 0 saturated heterocycles. The molecule has 146 valence electrons. The minimum absolute atomic E-state index is 0.219. The molecule has 0 aliphatic rings. The number of ether oxygens (including phenoxy) is 1. The van der Waals surface area contributed by atoms with Gasteiger partial charge in [0.15, 0.2) is 0 Å². The number of aryl methyl sites for hydroxylation is 1. The Kier molecular flexibility index (Phi) is 5.35. The van der Waals surface area contributed by atoms with Crippen LogP contribution in [0.2, 0.25) is 0 Å². The van der Waals surface area contributed by atoms with Gasteiger partial charge in [-0.1, -0.05) is 60.7 Å². The largest absolute Gasteiger partial charge is 0.372 e. The summed E-state index contributed by atoms with van der Waals surface area (Å²) < 4.78 is 8.41. The van der Waals surface area contributed by atoms with Gasteiger partial charge in [0.25, 0.3) is 5.56 Å². The number of pyridine rings is 1. The van der Waals surface area contributed by atoms with Gasteiger partial charge in [-0.3, -0.25) is 13.9 Å². The molecule has 0 unspecified atom stereocenters. The first-order chi connectivity index (χ1) is 14.1. The topological polar surface area (TPSA) is 66.1 Å². The molecule has 0 aliphatic heterocycles. The Hall–Kier alpha value is -3.51. The number of aromatic nitrogens is 3. The maximum atomic E-state index is 13.0. The molecule has 4 rings (SSSR count). The Morgan fingerprint density at radius 2 is 1.48 bits per heavy atom. The highest BCUT2D eigenvalue weighted by molar-refractivity contribution is 5.74. The molecule has 0 saturated carbocycles. The summed E-state index contributed by atoms with van der Waals surface area (Å²) in [6.45, 7) is 1.03. The van der Waals surface area contributed by atoms with Gasteiger partial charge in [-0.05, 0) is 22.8 Å². The summed E-state index contributed by atoms with van der Waals surface area (Å²) in [6, 6.07) is 21.1. The smallest absolute Gasteiger partial charge is 0.332 e. The van der Waals surface area contributed by atoms with E-state index in [1.54, 1.807) is 19.3 Å². The van der Waals surface area contributed by atoms with E-state index in [0.717, 1.165) is 16.7 Å². The average Bonchev–Trinajstić information content (AvgIpc) is 2.76. The number of rotatable bonds is 6. The highest BCUT2D eigenvalue weighted by Crippen LogP contribution is 2.11. The van der Waals surface area contributed by atoms with Gasteiger partial charge in [0.2, 0.25) is 0 Å². The second-order valence-corrected chi connectivity index (χ2v) is 6.91. The van der Waals surface area contributed by atoms with Crippen LogP contribution in [0, 0.1) is 0 Å². The predicted molar refractivity (Wildman–Crippen MR) is 112 cm³/mol. The van der Waals surface area contributed by atoms with E-state index in [0.29, 0.717) is 24.2 Å². The summed E-state index contributed by atoms with van der Waals surface area (Å²) in [6.07, 6.45) is 1.65. The van der Waals surface area contributed by atoms with E-state index in [-0.39, 0.29) is 17.8 Å².